The van der Waals surface area contributed by atoms with E-state index in [0.717, 1.165) is 12.5 Å². The second-order valence-electron chi connectivity index (χ2n) is 8.44. The molecule has 0 atom stereocenters. The van der Waals surface area contributed by atoms with Crippen LogP contribution in [0.3, 0.4) is 0 Å². The van der Waals surface area contributed by atoms with E-state index in [4.69, 9.17) is 0 Å². The van der Waals surface area contributed by atoms with Crippen molar-refractivity contribution in [1.82, 2.24) is 20.4 Å². The maximum atomic E-state index is 13.2. The highest BCUT2D eigenvalue weighted by atomic mass is 19.4. The number of halogens is 3. The molecule has 1 saturated carbocycles. The Hall–Kier alpha value is -3.17. The molecule has 1 saturated heterocycles. The van der Waals surface area contributed by atoms with Crippen LogP contribution in [0.5, 0.6) is 0 Å². The van der Waals surface area contributed by atoms with Gasteiger partial charge in [0.05, 0.1) is 11.1 Å². The fraction of sp³-hybridized carbons (Fsp3) is 0.478. The van der Waals surface area contributed by atoms with Gasteiger partial charge in [-0.1, -0.05) is 31.4 Å². The Bertz CT molecular complexity index is 984. The van der Waals surface area contributed by atoms with Gasteiger partial charge in [0.1, 0.15) is 0 Å². The minimum absolute atomic E-state index is 0.241. The number of anilines is 1. The lowest BCUT2D eigenvalue weighted by Gasteiger charge is -2.35. The lowest BCUT2D eigenvalue weighted by Crippen LogP contribution is -2.49. The first kappa shape index (κ1) is 23.0. The smallest absolute Gasteiger partial charge is 0.352 e. The summed E-state index contributed by atoms with van der Waals surface area (Å²) < 4.78 is 39.7. The molecule has 2 heterocycles. The van der Waals surface area contributed by atoms with E-state index in [1.807, 2.05) is 4.90 Å². The van der Waals surface area contributed by atoms with Crippen LogP contribution in [0, 0.1) is 5.92 Å². The number of amides is 2. The lowest BCUT2D eigenvalue weighted by molar-refractivity contribution is -0.138. The molecule has 2 amide bonds. The fourth-order valence-electron chi connectivity index (χ4n) is 4.10. The van der Waals surface area contributed by atoms with Crippen LogP contribution in [0.4, 0.5) is 19.0 Å². The number of hydrogen-bond donors (Lipinski definition) is 1. The van der Waals surface area contributed by atoms with Gasteiger partial charge in [0.25, 0.3) is 11.8 Å². The van der Waals surface area contributed by atoms with E-state index in [1.165, 1.54) is 42.4 Å². The van der Waals surface area contributed by atoms with Crippen LogP contribution in [-0.4, -0.2) is 59.6 Å². The van der Waals surface area contributed by atoms with Crippen LogP contribution in [0.15, 0.2) is 36.4 Å². The number of aromatic nitrogens is 2. The first-order valence-electron chi connectivity index (χ1n) is 11.2. The van der Waals surface area contributed by atoms with E-state index < -0.39 is 17.6 Å². The van der Waals surface area contributed by atoms with E-state index in [0.29, 0.717) is 31.4 Å². The minimum atomic E-state index is -4.59. The van der Waals surface area contributed by atoms with Crippen LogP contribution in [0.1, 0.15) is 52.1 Å². The van der Waals surface area contributed by atoms with Crippen molar-refractivity contribution < 1.29 is 22.8 Å². The van der Waals surface area contributed by atoms with E-state index in [-0.39, 0.29) is 30.3 Å². The molecule has 2 aromatic rings. The minimum Gasteiger partial charge on any atom is -0.352 e. The third-order valence-corrected chi connectivity index (χ3v) is 6.30. The van der Waals surface area contributed by atoms with Crippen molar-refractivity contribution in [2.24, 2.45) is 5.92 Å². The molecule has 2 aliphatic rings. The molecule has 0 unspecified atom stereocenters. The summed E-state index contributed by atoms with van der Waals surface area (Å²) in [6.45, 7) is 1.95. The molecule has 1 aromatic heterocycles. The van der Waals surface area contributed by atoms with Gasteiger partial charge in [0, 0.05) is 32.7 Å². The summed E-state index contributed by atoms with van der Waals surface area (Å²) >= 11 is 0. The van der Waals surface area contributed by atoms with Crippen molar-refractivity contribution in [3.05, 3.63) is 53.2 Å². The Morgan fingerprint density at radius 3 is 2.33 bits per heavy atom. The van der Waals surface area contributed by atoms with Gasteiger partial charge < -0.3 is 15.1 Å². The van der Waals surface area contributed by atoms with Gasteiger partial charge in [-0.2, -0.15) is 13.2 Å². The Morgan fingerprint density at radius 2 is 1.73 bits per heavy atom. The summed E-state index contributed by atoms with van der Waals surface area (Å²) in [6, 6.07) is 8.14. The van der Waals surface area contributed by atoms with Crippen molar-refractivity contribution >= 4 is 17.6 Å². The number of nitrogens with zero attached hydrogens (tertiary/aromatic N) is 4. The normalized spacial score (nSPS) is 16.9. The summed E-state index contributed by atoms with van der Waals surface area (Å²) in [4.78, 5) is 28.2. The molecule has 176 valence electrons. The SMILES string of the molecule is O=C(NCCC1CCC1)c1ccc(N2CCN(C(=O)c3ccccc3C(F)(F)F)CC2)nn1. The van der Waals surface area contributed by atoms with Crippen LogP contribution >= 0.6 is 0 Å². The van der Waals surface area contributed by atoms with Gasteiger partial charge >= 0.3 is 6.18 Å². The Balaban J connectivity index is 1.31. The first-order valence-corrected chi connectivity index (χ1v) is 11.2. The molecule has 0 radical (unpaired) electrons. The number of nitrogens with one attached hydrogen (secondary N) is 1. The summed E-state index contributed by atoms with van der Waals surface area (Å²) in [5, 5.41) is 11.0. The molecule has 1 aliphatic heterocycles. The molecule has 33 heavy (non-hydrogen) atoms. The zero-order chi connectivity index (χ0) is 23.4. The van der Waals surface area contributed by atoms with E-state index in [2.05, 4.69) is 15.5 Å². The summed E-state index contributed by atoms with van der Waals surface area (Å²) in [6.07, 6.45) is 0.133. The molecule has 0 spiro atoms. The third-order valence-electron chi connectivity index (χ3n) is 6.30. The van der Waals surface area contributed by atoms with Crippen LogP contribution in [-0.2, 0) is 6.18 Å². The topological polar surface area (TPSA) is 78.4 Å². The number of carbonyl (C=O) groups is 2. The summed E-state index contributed by atoms with van der Waals surface area (Å²) in [5.74, 6) is 0.379. The Labute approximate surface area is 190 Å². The predicted octanol–water partition coefficient (Wildman–Crippen LogP) is 3.38. The number of rotatable bonds is 6. The van der Waals surface area contributed by atoms with E-state index >= 15 is 0 Å². The van der Waals surface area contributed by atoms with Gasteiger partial charge in [-0.05, 0) is 36.6 Å². The predicted molar refractivity (Wildman–Crippen MR) is 116 cm³/mol. The molecular weight excluding hydrogens is 435 g/mol. The average molecular weight is 461 g/mol. The molecule has 4 rings (SSSR count). The summed E-state index contributed by atoms with van der Waals surface area (Å²) in [5.41, 5.74) is -1.03. The first-order chi connectivity index (χ1) is 15.8. The number of alkyl halides is 3. The number of hydrogen-bond acceptors (Lipinski definition) is 5. The molecule has 7 nitrogen and oxygen atoms in total. The molecule has 1 aromatic carbocycles. The largest absolute Gasteiger partial charge is 0.417 e. The van der Waals surface area contributed by atoms with Crippen molar-refractivity contribution in [1.29, 1.82) is 0 Å². The third kappa shape index (κ3) is 5.43. The standard InChI is InChI=1S/C23H26F3N5O2/c24-23(25,26)18-7-2-1-6-17(18)22(33)31-14-12-30(13-15-31)20-9-8-19(28-29-20)21(32)27-11-10-16-4-3-5-16/h1-2,6-9,16H,3-5,10-15H2,(H,27,32). The number of piperazine rings is 1. The van der Waals surface area contributed by atoms with Gasteiger partial charge in [0.2, 0.25) is 0 Å². The quantitative estimate of drug-likeness (QED) is 0.714. The van der Waals surface area contributed by atoms with Gasteiger partial charge in [0.15, 0.2) is 11.5 Å². The molecule has 10 heteroatoms. The second kappa shape index (κ2) is 9.76. The number of benzene rings is 1. The van der Waals surface area contributed by atoms with Crippen molar-refractivity contribution in [2.45, 2.75) is 31.9 Å². The highest BCUT2D eigenvalue weighted by Crippen LogP contribution is 2.32. The fourth-order valence-corrected chi connectivity index (χ4v) is 4.10. The van der Waals surface area contributed by atoms with Crippen LogP contribution in [0.2, 0.25) is 0 Å². The molecule has 2 fully saturated rings. The highest BCUT2D eigenvalue weighted by molar-refractivity contribution is 5.96. The van der Waals surface area contributed by atoms with E-state index in [1.54, 1.807) is 12.1 Å². The molecule has 0 bridgehead atoms. The molecule has 1 N–H and O–H groups in total. The Kier molecular flexibility index (Phi) is 6.80. The van der Waals surface area contributed by atoms with Crippen molar-refractivity contribution in [3.63, 3.8) is 0 Å². The molecular formula is C23H26F3N5O2. The maximum Gasteiger partial charge on any atom is 0.417 e. The van der Waals surface area contributed by atoms with Gasteiger partial charge in [-0.3, -0.25) is 9.59 Å². The average Bonchev–Trinajstić information content (AvgIpc) is 2.80. The lowest BCUT2D eigenvalue weighted by atomic mass is 9.83. The highest BCUT2D eigenvalue weighted by Gasteiger charge is 2.36. The zero-order valence-electron chi connectivity index (χ0n) is 18.1. The van der Waals surface area contributed by atoms with Crippen LogP contribution < -0.4 is 10.2 Å². The van der Waals surface area contributed by atoms with E-state index in [9.17, 15) is 22.8 Å². The molecule has 1 aliphatic carbocycles. The number of carbonyl (C=O) groups excluding carboxylic acids is 2. The van der Waals surface area contributed by atoms with Gasteiger partial charge in [-0.25, -0.2) is 0 Å². The summed E-state index contributed by atoms with van der Waals surface area (Å²) in [7, 11) is 0. The van der Waals surface area contributed by atoms with Gasteiger partial charge in [-0.15, -0.1) is 10.2 Å². The second-order valence-corrected chi connectivity index (χ2v) is 8.44. The zero-order valence-corrected chi connectivity index (χ0v) is 18.1. The maximum absolute atomic E-state index is 13.2. The Morgan fingerprint density at radius 1 is 1.00 bits per heavy atom. The van der Waals surface area contributed by atoms with Crippen molar-refractivity contribution in [3.8, 4) is 0 Å². The monoisotopic (exact) mass is 461 g/mol. The van der Waals surface area contributed by atoms with Crippen LogP contribution in [0.25, 0.3) is 0 Å². The van der Waals surface area contributed by atoms with Crippen molar-refractivity contribution in [2.75, 3.05) is 37.6 Å².